The van der Waals surface area contributed by atoms with Crippen molar-refractivity contribution < 1.29 is 9.53 Å². The van der Waals surface area contributed by atoms with E-state index in [4.69, 9.17) is 4.74 Å². The van der Waals surface area contributed by atoms with Crippen molar-refractivity contribution in [3.8, 4) is 11.5 Å². The van der Waals surface area contributed by atoms with Crippen molar-refractivity contribution in [3.63, 3.8) is 0 Å². The van der Waals surface area contributed by atoms with Gasteiger partial charge in [-0.25, -0.2) is 4.98 Å². The molecule has 0 aliphatic carbocycles. The zero-order chi connectivity index (χ0) is 19.5. The Kier molecular flexibility index (Phi) is 5.16. The molecule has 2 heterocycles. The lowest BCUT2D eigenvalue weighted by Crippen LogP contribution is -2.28. The first-order chi connectivity index (χ1) is 13.6. The van der Waals surface area contributed by atoms with Gasteiger partial charge >= 0.3 is 0 Å². The molecule has 1 aliphatic rings. The lowest BCUT2D eigenvalue weighted by molar-refractivity contribution is -0.116. The van der Waals surface area contributed by atoms with Gasteiger partial charge in [-0.3, -0.25) is 14.2 Å². The van der Waals surface area contributed by atoms with Gasteiger partial charge in [-0.05, 0) is 43.3 Å². The van der Waals surface area contributed by atoms with E-state index in [1.165, 1.54) is 11.8 Å². The average Bonchev–Trinajstić information content (AvgIpc) is 3.10. The number of thioether (sulfide) groups is 1. The molecule has 0 saturated heterocycles. The summed E-state index contributed by atoms with van der Waals surface area (Å²) in [4.78, 5) is 29.1. The molecule has 1 unspecified atom stereocenters. The molecule has 1 atom stereocenters. The highest BCUT2D eigenvalue weighted by atomic mass is 32.2. The van der Waals surface area contributed by atoms with Crippen LogP contribution in [-0.2, 0) is 4.79 Å². The monoisotopic (exact) mass is 393 g/mol. The highest BCUT2D eigenvalue weighted by Crippen LogP contribution is 2.32. The van der Waals surface area contributed by atoms with Crippen LogP contribution in [0.15, 0.2) is 70.7 Å². The number of nitrogens with one attached hydrogen (secondary N) is 1. The highest BCUT2D eigenvalue weighted by molar-refractivity contribution is 7.99. The quantitative estimate of drug-likeness (QED) is 0.663. The third-order valence-electron chi connectivity index (χ3n) is 4.44. The number of hydrogen-bond acceptors (Lipinski definition) is 5. The molecule has 1 N–H and O–H groups in total. The first-order valence-electron chi connectivity index (χ1n) is 8.94. The van der Waals surface area contributed by atoms with Gasteiger partial charge in [0.25, 0.3) is 5.56 Å². The number of carbonyl (C=O) groups is 1. The van der Waals surface area contributed by atoms with Gasteiger partial charge < -0.3 is 10.1 Å². The lowest BCUT2D eigenvalue weighted by Gasteiger charge is -2.14. The molecule has 1 amide bonds. The van der Waals surface area contributed by atoms with Crippen LogP contribution >= 0.6 is 11.8 Å². The Bertz CT molecular complexity index is 1050. The Balaban J connectivity index is 1.39. The summed E-state index contributed by atoms with van der Waals surface area (Å²) in [6, 6.07) is 16.5. The number of hydrogen-bond donors (Lipinski definition) is 1. The van der Waals surface area contributed by atoms with Gasteiger partial charge in [0.15, 0.2) is 5.16 Å². The molecule has 0 radical (unpaired) electrons. The number of para-hydroxylation sites is 1. The van der Waals surface area contributed by atoms with Crippen molar-refractivity contribution in [2.45, 2.75) is 24.5 Å². The van der Waals surface area contributed by atoms with E-state index in [0.717, 1.165) is 5.75 Å². The fraction of sp³-hybridized carbons (Fsp3) is 0.190. The lowest BCUT2D eigenvalue weighted by atomic mass is 10.2. The number of carbonyl (C=O) groups excluding carboxylic acids is 1. The molecule has 0 spiro atoms. The zero-order valence-corrected chi connectivity index (χ0v) is 16.1. The Hall–Kier alpha value is -3.06. The van der Waals surface area contributed by atoms with Crippen molar-refractivity contribution >= 4 is 23.4 Å². The van der Waals surface area contributed by atoms with Gasteiger partial charge in [0.1, 0.15) is 11.5 Å². The van der Waals surface area contributed by atoms with Crippen LogP contribution in [0.3, 0.4) is 0 Å². The summed E-state index contributed by atoms with van der Waals surface area (Å²) in [6.45, 7) is 1.74. The molecular formula is C21H19N3O3S. The second-order valence-electron chi connectivity index (χ2n) is 6.56. The SMILES string of the molecule is Cc1cnc2n(c1=O)C(CC(=O)Nc1ccc(Oc3ccccc3)cc1)CS2. The molecule has 1 aromatic heterocycles. The predicted molar refractivity (Wildman–Crippen MR) is 109 cm³/mol. The Morgan fingerprint density at radius 3 is 2.64 bits per heavy atom. The van der Waals surface area contributed by atoms with Crippen LogP contribution in [0, 0.1) is 6.92 Å². The summed E-state index contributed by atoms with van der Waals surface area (Å²) in [6.07, 6.45) is 1.82. The topological polar surface area (TPSA) is 73.2 Å². The second kappa shape index (κ2) is 7.90. The van der Waals surface area contributed by atoms with Crippen molar-refractivity contribution in [2.75, 3.05) is 11.1 Å². The van der Waals surface area contributed by atoms with Crippen molar-refractivity contribution in [1.82, 2.24) is 9.55 Å². The molecular weight excluding hydrogens is 374 g/mol. The maximum absolute atomic E-state index is 12.5. The van der Waals surface area contributed by atoms with Gasteiger partial charge in [0, 0.05) is 29.6 Å². The molecule has 2 aromatic carbocycles. The molecule has 4 rings (SSSR count). The molecule has 0 bridgehead atoms. The Morgan fingerprint density at radius 2 is 1.89 bits per heavy atom. The number of anilines is 1. The molecule has 0 saturated carbocycles. The van der Waals surface area contributed by atoms with Crippen LogP contribution < -0.4 is 15.6 Å². The minimum absolute atomic E-state index is 0.0739. The number of ether oxygens (including phenoxy) is 1. The van der Waals surface area contributed by atoms with Crippen LogP contribution in [0.4, 0.5) is 5.69 Å². The number of aromatic nitrogens is 2. The van der Waals surface area contributed by atoms with E-state index in [-0.39, 0.29) is 23.9 Å². The number of rotatable bonds is 5. The zero-order valence-electron chi connectivity index (χ0n) is 15.3. The van der Waals surface area contributed by atoms with Crippen LogP contribution in [0.5, 0.6) is 11.5 Å². The molecule has 6 nitrogen and oxygen atoms in total. The largest absolute Gasteiger partial charge is 0.457 e. The van der Waals surface area contributed by atoms with E-state index < -0.39 is 0 Å². The number of benzene rings is 2. The summed E-state index contributed by atoms with van der Waals surface area (Å²) < 4.78 is 7.38. The summed E-state index contributed by atoms with van der Waals surface area (Å²) in [7, 11) is 0. The first kappa shape index (κ1) is 18.3. The van der Waals surface area contributed by atoms with Crippen molar-refractivity contribution in [1.29, 1.82) is 0 Å². The van der Waals surface area contributed by atoms with Crippen LogP contribution in [0.1, 0.15) is 18.0 Å². The molecule has 7 heteroatoms. The van der Waals surface area contributed by atoms with E-state index in [1.54, 1.807) is 42.0 Å². The third kappa shape index (κ3) is 3.94. The molecule has 28 heavy (non-hydrogen) atoms. The maximum atomic E-state index is 12.5. The van der Waals surface area contributed by atoms with E-state index in [1.807, 2.05) is 30.3 Å². The summed E-state index contributed by atoms with van der Waals surface area (Å²) in [5, 5.41) is 3.56. The van der Waals surface area contributed by atoms with E-state index >= 15 is 0 Å². The Morgan fingerprint density at radius 1 is 1.18 bits per heavy atom. The van der Waals surface area contributed by atoms with Crippen LogP contribution in [-0.4, -0.2) is 21.2 Å². The van der Waals surface area contributed by atoms with Crippen LogP contribution in [0.25, 0.3) is 0 Å². The summed E-state index contributed by atoms with van der Waals surface area (Å²) in [5.74, 6) is 1.98. The number of fused-ring (bicyclic) bond motifs is 1. The van der Waals surface area contributed by atoms with E-state index in [0.29, 0.717) is 27.9 Å². The predicted octanol–water partition coefficient (Wildman–Crippen LogP) is 4.02. The van der Waals surface area contributed by atoms with Gasteiger partial charge in [0.2, 0.25) is 5.91 Å². The standard InChI is InChI=1S/C21H19N3O3S/c1-14-12-22-21-24(20(14)26)16(13-28-21)11-19(25)23-15-7-9-18(10-8-15)27-17-5-3-2-4-6-17/h2-10,12,16H,11,13H2,1H3,(H,23,25). The van der Waals surface area contributed by atoms with Gasteiger partial charge in [-0.15, -0.1) is 0 Å². The Labute approximate surface area is 166 Å². The average molecular weight is 393 g/mol. The number of amides is 1. The normalized spacial score (nSPS) is 15.1. The number of nitrogens with zero attached hydrogens (tertiary/aromatic N) is 2. The molecule has 1 aliphatic heterocycles. The smallest absolute Gasteiger partial charge is 0.257 e. The minimum Gasteiger partial charge on any atom is -0.457 e. The maximum Gasteiger partial charge on any atom is 0.257 e. The van der Waals surface area contributed by atoms with Gasteiger partial charge in [-0.1, -0.05) is 30.0 Å². The first-order valence-corrected chi connectivity index (χ1v) is 9.92. The highest BCUT2D eigenvalue weighted by Gasteiger charge is 2.27. The fourth-order valence-electron chi connectivity index (χ4n) is 3.03. The van der Waals surface area contributed by atoms with Gasteiger partial charge in [0.05, 0.1) is 6.04 Å². The fourth-order valence-corrected chi connectivity index (χ4v) is 4.13. The summed E-state index contributed by atoms with van der Waals surface area (Å²) >= 11 is 1.51. The molecule has 142 valence electrons. The minimum atomic E-state index is -0.180. The van der Waals surface area contributed by atoms with Crippen molar-refractivity contribution in [3.05, 3.63) is 76.7 Å². The number of aryl methyl sites for hydroxylation is 1. The molecule has 0 fully saturated rings. The summed E-state index contributed by atoms with van der Waals surface area (Å²) in [5.41, 5.74) is 1.20. The van der Waals surface area contributed by atoms with Gasteiger partial charge in [-0.2, -0.15) is 0 Å². The van der Waals surface area contributed by atoms with Crippen LogP contribution in [0.2, 0.25) is 0 Å². The van der Waals surface area contributed by atoms with Crippen molar-refractivity contribution in [2.24, 2.45) is 0 Å². The molecule has 3 aromatic rings. The van der Waals surface area contributed by atoms with E-state index in [9.17, 15) is 9.59 Å². The second-order valence-corrected chi connectivity index (χ2v) is 7.54. The van der Waals surface area contributed by atoms with E-state index in [2.05, 4.69) is 10.3 Å². The third-order valence-corrected chi connectivity index (χ3v) is 5.55.